The van der Waals surface area contributed by atoms with Crippen molar-refractivity contribution in [3.63, 3.8) is 0 Å². The summed E-state index contributed by atoms with van der Waals surface area (Å²) in [6, 6.07) is 12.8. The molecule has 2 heterocycles. The fourth-order valence-electron chi connectivity index (χ4n) is 5.65. The van der Waals surface area contributed by atoms with Crippen LogP contribution in [-0.4, -0.2) is 58.5 Å². The first kappa shape index (κ1) is 20.9. The fraction of sp³-hybridized carbons (Fsp3) is 0.520. The number of nitriles is 1. The van der Waals surface area contributed by atoms with Gasteiger partial charge in [-0.05, 0) is 64.1 Å². The molecule has 2 saturated carbocycles. The molecule has 1 aromatic heterocycles. The van der Waals surface area contributed by atoms with E-state index >= 15 is 0 Å². The quantitative estimate of drug-likeness (QED) is 0.722. The summed E-state index contributed by atoms with van der Waals surface area (Å²) >= 11 is 0. The van der Waals surface area contributed by atoms with Crippen molar-refractivity contribution < 1.29 is 4.79 Å². The van der Waals surface area contributed by atoms with Crippen molar-refractivity contribution in [3.05, 3.63) is 54.1 Å². The number of amides is 2. The average molecular weight is 431 g/mol. The summed E-state index contributed by atoms with van der Waals surface area (Å²) in [6.07, 6.45) is 9.59. The van der Waals surface area contributed by atoms with Gasteiger partial charge in [0.05, 0.1) is 30.2 Å². The number of anilines is 1. The highest BCUT2D eigenvalue weighted by atomic mass is 16.2. The number of aromatic nitrogens is 2. The number of carbonyl (C=O) groups excluding carboxylic acids is 1. The Hall–Kier alpha value is -2.98. The Balaban J connectivity index is 1.44. The SMILES string of the molecule is CN(C)C1(c2ccccc2)CCC2(CC1)CN(c1cnc(C#N)nc1)C(=O)N2CC1CC1. The predicted molar refractivity (Wildman–Crippen MR) is 122 cm³/mol. The first-order chi connectivity index (χ1) is 15.5. The van der Waals surface area contributed by atoms with Crippen molar-refractivity contribution in [2.24, 2.45) is 5.92 Å². The third kappa shape index (κ3) is 3.43. The van der Waals surface area contributed by atoms with Gasteiger partial charge in [-0.1, -0.05) is 30.3 Å². The van der Waals surface area contributed by atoms with Gasteiger partial charge >= 0.3 is 6.03 Å². The molecule has 2 aromatic rings. The van der Waals surface area contributed by atoms with E-state index in [1.54, 1.807) is 12.4 Å². The number of urea groups is 1. The molecule has 2 amide bonds. The van der Waals surface area contributed by atoms with Crippen LogP contribution in [0, 0.1) is 17.2 Å². The van der Waals surface area contributed by atoms with Crippen LogP contribution in [0.3, 0.4) is 0 Å². The summed E-state index contributed by atoms with van der Waals surface area (Å²) in [6.45, 7) is 1.50. The molecule has 32 heavy (non-hydrogen) atoms. The Morgan fingerprint density at radius 2 is 1.75 bits per heavy atom. The Bertz CT molecular complexity index is 1020. The van der Waals surface area contributed by atoms with Crippen molar-refractivity contribution in [1.82, 2.24) is 19.8 Å². The van der Waals surface area contributed by atoms with Crippen LogP contribution in [0.15, 0.2) is 42.7 Å². The summed E-state index contributed by atoms with van der Waals surface area (Å²) in [5, 5.41) is 9.01. The molecule has 166 valence electrons. The summed E-state index contributed by atoms with van der Waals surface area (Å²) in [4.78, 5) is 28.1. The fourth-order valence-corrected chi connectivity index (χ4v) is 5.65. The summed E-state index contributed by atoms with van der Waals surface area (Å²) in [7, 11) is 4.35. The van der Waals surface area contributed by atoms with Gasteiger partial charge in [0, 0.05) is 12.1 Å². The second-order valence-corrected chi connectivity index (χ2v) is 9.82. The highest BCUT2D eigenvalue weighted by molar-refractivity contribution is 5.95. The van der Waals surface area contributed by atoms with Gasteiger partial charge in [0.15, 0.2) is 0 Å². The lowest BCUT2D eigenvalue weighted by Gasteiger charge is -2.51. The Kier molecular flexibility index (Phi) is 5.13. The third-order valence-corrected chi connectivity index (χ3v) is 7.85. The van der Waals surface area contributed by atoms with Crippen molar-refractivity contribution in [1.29, 1.82) is 5.26 Å². The molecule has 1 aliphatic heterocycles. The molecule has 3 aliphatic rings. The standard InChI is InChI=1S/C25H30N6O/c1-29(2)25(20-6-4-3-5-7-20)12-10-24(11-13-25)18-30(21-15-27-22(14-26)28-16-21)23(32)31(24)17-19-8-9-19/h3-7,15-16,19H,8-13,17-18H2,1-2H3. The Labute approximate surface area is 189 Å². The maximum atomic E-state index is 13.6. The van der Waals surface area contributed by atoms with E-state index in [9.17, 15) is 4.79 Å². The van der Waals surface area contributed by atoms with Crippen LogP contribution in [0.5, 0.6) is 0 Å². The number of nitrogens with zero attached hydrogens (tertiary/aromatic N) is 6. The van der Waals surface area contributed by atoms with E-state index in [1.165, 1.54) is 18.4 Å². The predicted octanol–water partition coefficient (Wildman–Crippen LogP) is 3.77. The van der Waals surface area contributed by atoms with Crippen molar-refractivity contribution in [2.45, 2.75) is 49.6 Å². The highest BCUT2D eigenvalue weighted by Crippen LogP contribution is 2.50. The summed E-state index contributed by atoms with van der Waals surface area (Å²) < 4.78 is 0. The van der Waals surface area contributed by atoms with Gasteiger partial charge in [0.1, 0.15) is 6.07 Å². The summed E-state index contributed by atoms with van der Waals surface area (Å²) in [5.41, 5.74) is 1.86. The van der Waals surface area contributed by atoms with Crippen molar-refractivity contribution >= 4 is 11.7 Å². The molecular weight excluding hydrogens is 400 g/mol. The zero-order valence-corrected chi connectivity index (χ0v) is 18.9. The molecule has 1 spiro atoms. The molecule has 7 nitrogen and oxygen atoms in total. The van der Waals surface area contributed by atoms with Gasteiger partial charge in [0.25, 0.3) is 0 Å². The lowest BCUT2D eigenvalue weighted by Crippen LogP contribution is -2.55. The molecule has 1 saturated heterocycles. The molecule has 2 aliphatic carbocycles. The van der Waals surface area contributed by atoms with E-state index in [2.05, 4.69) is 64.2 Å². The van der Waals surface area contributed by atoms with Crippen LogP contribution in [0.1, 0.15) is 49.9 Å². The lowest BCUT2D eigenvalue weighted by molar-refractivity contribution is 0.0249. The van der Waals surface area contributed by atoms with Crippen molar-refractivity contribution in [2.75, 3.05) is 32.1 Å². The monoisotopic (exact) mass is 430 g/mol. The number of rotatable bonds is 5. The van der Waals surface area contributed by atoms with Crippen LogP contribution < -0.4 is 4.90 Å². The number of benzene rings is 1. The molecule has 0 bridgehead atoms. The minimum Gasteiger partial charge on any atom is -0.317 e. The van der Waals surface area contributed by atoms with E-state index in [-0.39, 0.29) is 22.9 Å². The number of hydrogen-bond acceptors (Lipinski definition) is 5. The van der Waals surface area contributed by atoms with Crippen LogP contribution in [0.4, 0.5) is 10.5 Å². The second-order valence-electron chi connectivity index (χ2n) is 9.82. The minimum absolute atomic E-state index is 0.00815. The highest BCUT2D eigenvalue weighted by Gasteiger charge is 2.55. The molecule has 0 unspecified atom stereocenters. The maximum absolute atomic E-state index is 13.6. The van der Waals surface area contributed by atoms with Crippen LogP contribution in [0.25, 0.3) is 0 Å². The van der Waals surface area contributed by atoms with Gasteiger partial charge in [0.2, 0.25) is 5.82 Å². The normalized spacial score (nSPS) is 27.9. The van der Waals surface area contributed by atoms with Crippen molar-refractivity contribution in [3.8, 4) is 6.07 Å². The number of carbonyl (C=O) groups is 1. The van der Waals surface area contributed by atoms with E-state index in [1.807, 2.05) is 11.0 Å². The van der Waals surface area contributed by atoms with Gasteiger partial charge in [-0.2, -0.15) is 5.26 Å². The van der Waals surface area contributed by atoms with Gasteiger partial charge in [-0.25, -0.2) is 14.8 Å². The summed E-state index contributed by atoms with van der Waals surface area (Å²) in [5.74, 6) is 0.754. The molecule has 7 heteroatoms. The molecular formula is C25H30N6O. The molecule has 0 atom stereocenters. The Morgan fingerprint density at radius 3 is 2.31 bits per heavy atom. The van der Waals surface area contributed by atoms with Crippen LogP contribution >= 0.6 is 0 Å². The Morgan fingerprint density at radius 1 is 1.09 bits per heavy atom. The van der Waals surface area contributed by atoms with E-state index < -0.39 is 0 Å². The second kappa shape index (κ2) is 7.86. The lowest BCUT2D eigenvalue weighted by atomic mass is 9.68. The van der Waals surface area contributed by atoms with Gasteiger partial charge in [-0.3, -0.25) is 9.80 Å². The van der Waals surface area contributed by atoms with Crippen LogP contribution in [-0.2, 0) is 5.54 Å². The molecule has 0 N–H and O–H groups in total. The smallest absolute Gasteiger partial charge is 0.317 e. The van der Waals surface area contributed by atoms with E-state index in [0.717, 1.165) is 32.2 Å². The van der Waals surface area contributed by atoms with Gasteiger partial charge < -0.3 is 4.90 Å². The third-order valence-electron chi connectivity index (χ3n) is 7.85. The zero-order chi connectivity index (χ0) is 22.3. The first-order valence-corrected chi connectivity index (χ1v) is 11.5. The molecule has 0 radical (unpaired) electrons. The average Bonchev–Trinajstić information content (AvgIpc) is 3.62. The topological polar surface area (TPSA) is 76.4 Å². The zero-order valence-electron chi connectivity index (χ0n) is 18.9. The van der Waals surface area contributed by atoms with Crippen LogP contribution in [0.2, 0.25) is 0 Å². The van der Waals surface area contributed by atoms with E-state index in [4.69, 9.17) is 5.26 Å². The maximum Gasteiger partial charge on any atom is 0.325 e. The first-order valence-electron chi connectivity index (χ1n) is 11.5. The molecule has 3 fully saturated rings. The molecule has 5 rings (SSSR count). The molecule has 1 aromatic carbocycles. The number of hydrogen-bond donors (Lipinski definition) is 0. The van der Waals surface area contributed by atoms with Gasteiger partial charge in [-0.15, -0.1) is 0 Å². The largest absolute Gasteiger partial charge is 0.325 e. The van der Waals surface area contributed by atoms with E-state index in [0.29, 0.717) is 18.2 Å². The minimum atomic E-state index is -0.165.